The van der Waals surface area contributed by atoms with Crippen molar-refractivity contribution in [2.45, 2.75) is 0 Å². The summed E-state index contributed by atoms with van der Waals surface area (Å²) in [6.45, 7) is 0. The van der Waals surface area contributed by atoms with Gasteiger partial charge in [-0.2, -0.15) is 0 Å². The fourth-order valence-corrected chi connectivity index (χ4v) is 4.58. The Morgan fingerprint density at radius 3 is 2.71 bits per heavy atom. The number of thiophene rings is 1. The summed E-state index contributed by atoms with van der Waals surface area (Å²) >= 11 is 7.58. The standard InChI is InChI=1S/C20H11ClN4O2S/c21-14-4-2-1-3-13(14)17-7-15-18(28-17)19(26)25(20(27)24-15)16-10-23-9-11-8-22-6-5-12(11)16/h1-10H,(H,24,27). The van der Waals surface area contributed by atoms with Crippen molar-refractivity contribution in [3.63, 3.8) is 0 Å². The largest absolute Gasteiger partial charge is 0.333 e. The van der Waals surface area contributed by atoms with Crippen molar-refractivity contribution in [2.75, 3.05) is 0 Å². The number of benzene rings is 1. The monoisotopic (exact) mass is 406 g/mol. The van der Waals surface area contributed by atoms with Crippen LogP contribution < -0.4 is 11.2 Å². The summed E-state index contributed by atoms with van der Waals surface area (Å²) in [5, 5.41) is 2.05. The van der Waals surface area contributed by atoms with Crippen LogP contribution in [0.25, 0.3) is 37.1 Å². The first-order chi connectivity index (χ1) is 13.6. The van der Waals surface area contributed by atoms with Crippen molar-refractivity contribution in [3.05, 3.63) is 87.0 Å². The zero-order valence-corrected chi connectivity index (χ0v) is 15.8. The van der Waals surface area contributed by atoms with Crippen LogP contribution in [-0.4, -0.2) is 19.5 Å². The Kier molecular flexibility index (Phi) is 3.85. The summed E-state index contributed by atoms with van der Waals surface area (Å²) in [5.41, 5.74) is 0.803. The third-order valence-corrected chi connectivity index (χ3v) is 5.98. The summed E-state index contributed by atoms with van der Waals surface area (Å²) in [6, 6.07) is 10.9. The molecule has 6 nitrogen and oxygen atoms in total. The van der Waals surface area contributed by atoms with Gasteiger partial charge in [0.25, 0.3) is 5.56 Å². The molecular formula is C20H11ClN4O2S. The minimum atomic E-state index is -0.521. The van der Waals surface area contributed by atoms with Crippen LogP contribution in [0.1, 0.15) is 0 Å². The molecule has 5 rings (SSSR count). The van der Waals surface area contributed by atoms with E-state index < -0.39 is 11.2 Å². The minimum absolute atomic E-state index is 0.395. The Balaban J connectivity index is 1.81. The van der Waals surface area contributed by atoms with E-state index in [1.165, 1.54) is 17.5 Å². The molecule has 4 heterocycles. The Hall–Kier alpha value is -3.29. The Morgan fingerprint density at radius 2 is 1.86 bits per heavy atom. The fraction of sp³-hybridized carbons (Fsp3) is 0. The number of hydrogen-bond acceptors (Lipinski definition) is 5. The highest BCUT2D eigenvalue weighted by Crippen LogP contribution is 2.35. The molecule has 0 aliphatic carbocycles. The molecule has 0 amide bonds. The molecule has 0 aliphatic rings. The van der Waals surface area contributed by atoms with Gasteiger partial charge in [0.15, 0.2) is 0 Å². The van der Waals surface area contributed by atoms with Crippen molar-refractivity contribution >= 4 is 43.9 Å². The lowest BCUT2D eigenvalue weighted by Gasteiger charge is -2.07. The first-order valence-electron chi connectivity index (χ1n) is 8.35. The molecule has 0 bridgehead atoms. The molecular weight excluding hydrogens is 396 g/mol. The van der Waals surface area contributed by atoms with Crippen LogP contribution in [-0.2, 0) is 0 Å². The van der Waals surface area contributed by atoms with Gasteiger partial charge >= 0.3 is 5.69 Å². The van der Waals surface area contributed by atoms with E-state index in [0.717, 1.165) is 25.8 Å². The number of rotatable bonds is 2. The third kappa shape index (κ3) is 2.56. The van der Waals surface area contributed by atoms with Crippen molar-refractivity contribution in [3.8, 4) is 16.1 Å². The van der Waals surface area contributed by atoms with E-state index in [0.29, 0.717) is 20.9 Å². The van der Waals surface area contributed by atoms with E-state index in [1.54, 1.807) is 36.8 Å². The molecule has 0 saturated carbocycles. The third-order valence-electron chi connectivity index (χ3n) is 4.49. The number of H-pyrrole nitrogens is 1. The highest BCUT2D eigenvalue weighted by molar-refractivity contribution is 7.22. The Morgan fingerprint density at radius 1 is 1.04 bits per heavy atom. The van der Waals surface area contributed by atoms with Gasteiger partial charge in [-0.15, -0.1) is 11.3 Å². The number of fused-ring (bicyclic) bond motifs is 2. The molecule has 4 aromatic heterocycles. The number of nitrogens with zero attached hydrogens (tertiary/aromatic N) is 3. The Bertz CT molecular complexity index is 1480. The maximum absolute atomic E-state index is 13.2. The fourth-order valence-electron chi connectivity index (χ4n) is 3.20. The lowest BCUT2D eigenvalue weighted by atomic mass is 10.2. The molecule has 0 spiro atoms. The molecule has 0 unspecified atom stereocenters. The molecule has 0 fully saturated rings. The van der Waals surface area contributed by atoms with Crippen molar-refractivity contribution < 1.29 is 0 Å². The topological polar surface area (TPSA) is 80.6 Å². The number of aromatic amines is 1. The van der Waals surface area contributed by atoms with Gasteiger partial charge in [-0.25, -0.2) is 9.36 Å². The van der Waals surface area contributed by atoms with Gasteiger partial charge in [0.2, 0.25) is 0 Å². The molecule has 0 aliphatic heterocycles. The quantitative estimate of drug-likeness (QED) is 0.480. The molecule has 5 aromatic rings. The van der Waals surface area contributed by atoms with Gasteiger partial charge < -0.3 is 4.98 Å². The number of hydrogen-bond donors (Lipinski definition) is 1. The maximum Gasteiger partial charge on any atom is 0.333 e. The predicted octanol–water partition coefficient (Wildman–Crippen LogP) is 4.00. The number of aromatic nitrogens is 4. The molecule has 0 saturated heterocycles. The zero-order valence-electron chi connectivity index (χ0n) is 14.2. The van der Waals surface area contributed by atoms with E-state index >= 15 is 0 Å². The molecule has 0 atom stereocenters. The van der Waals surface area contributed by atoms with Gasteiger partial charge in [-0.05, 0) is 18.2 Å². The van der Waals surface area contributed by atoms with Gasteiger partial charge in [-0.3, -0.25) is 14.8 Å². The first kappa shape index (κ1) is 16.9. The predicted molar refractivity (Wildman–Crippen MR) is 112 cm³/mol. The van der Waals surface area contributed by atoms with Crippen molar-refractivity contribution in [1.29, 1.82) is 0 Å². The molecule has 1 N–H and O–H groups in total. The van der Waals surface area contributed by atoms with E-state index in [4.69, 9.17) is 11.6 Å². The number of halogens is 1. The summed E-state index contributed by atoms with van der Waals surface area (Å²) < 4.78 is 1.56. The lowest BCUT2D eigenvalue weighted by Crippen LogP contribution is -2.33. The van der Waals surface area contributed by atoms with Gasteiger partial charge in [0.1, 0.15) is 4.70 Å². The number of nitrogens with one attached hydrogen (secondary N) is 1. The highest BCUT2D eigenvalue weighted by Gasteiger charge is 2.16. The second-order valence-electron chi connectivity index (χ2n) is 6.16. The van der Waals surface area contributed by atoms with E-state index in [9.17, 15) is 9.59 Å². The average Bonchev–Trinajstić information content (AvgIpc) is 3.12. The zero-order chi connectivity index (χ0) is 19.3. The lowest BCUT2D eigenvalue weighted by molar-refractivity contribution is 0.905. The van der Waals surface area contributed by atoms with Crippen LogP contribution in [0.15, 0.2) is 70.8 Å². The molecule has 136 valence electrons. The summed E-state index contributed by atoms with van der Waals surface area (Å²) in [4.78, 5) is 37.8. The van der Waals surface area contributed by atoms with Crippen LogP contribution in [0.5, 0.6) is 0 Å². The van der Waals surface area contributed by atoms with Crippen molar-refractivity contribution in [1.82, 2.24) is 19.5 Å². The molecule has 8 heteroatoms. The van der Waals surface area contributed by atoms with Crippen LogP contribution in [0.4, 0.5) is 0 Å². The van der Waals surface area contributed by atoms with E-state index in [1.807, 2.05) is 18.2 Å². The van der Waals surface area contributed by atoms with Crippen LogP contribution in [0.2, 0.25) is 5.02 Å². The van der Waals surface area contributed by atoms with Crippen LogP contribution >= 0.6 is 22.9 Å². The molecule has 28 heavy (non-hydrogen) atoms. The van der Waals surface area contributed by atoms with Gasteiger partial charge in [0.05, 0.1) is 17.4 Å². The molecule has 1 aromatic carbocycles. The van der Waals surface area contributed by atoms with Gasteiger partial charge in [0, 0.05) is 44.8 Å². The summed E-state index contributed by atoms with van der Waals surface area (Å²) in [5.74, 6) is 0. The summed E-state index contributed by atoms with van der Waals surface area (Å²) in [7, 11) is 0. The minimum Gasteiger partial charge on any atom is -0.306 e. The Labute approximate surface area is 166 Å². The van der Waals surface area contributed by atoms with Crippen LogP contribution in [0, 0.1) is 0 Å². The van der Waals surface area contributed by atoms with Crippen molar-refractivity contribution in [2.24, 2.45) is 0 Å². The normalized spacial score (nSPS) is 11.3. The smallest absolute Gasteiger partial charge is 0.306 e. The maximum atomic E-state index is 13.2. The first-order valence-corrected chi connectivity index (χ1v) is 9.55. The summed E-state index contributed by atoms with van der Waals surface area (Å²) in [6.07, 6.45) is 6.41. The van der Waals surface area contributed by atoms with Gasteiger partial charge in [-0.1, -0.05) is 29.8 Å². The van der Waals surface area contributed by atoms with Crippen LogP contribution in [0.3, 0.4) is 0 Å². The second kappa shape index (κ2) is 6.40. The molecule has 0 radical (unpaired) electrons. The SMILES string of the molecule is O=c1[nH]c2cc(-c3ccccc3Cl)sc2c(=O)n1-c1cncc2cnccc12. The number of pyridine rings is 2. The highest BCUT2D eigenvalue weighted by atomic mass is 35.5. The van der Waals surface area contributed by atoms with E-state index in [-0.39, 0.29) is 0 Å². The average molecular weight is 407 g/mol. The van der Waals surface area contributed by atoms with E-state index in [2.05, 4.69) is 15.0 Å². The second-order valence-corrected chi connectivity index (χ2v) is 7.62.